The van der Waals surface area contributed by atoms with E-state index in [0.717, 1.165) is 0 Å². The average Bonchev–Trinajstić information content (AvgIpc) is 2.16. The zero-order valence-electron chi connectivity index (χ0n) is 9.55. The molecule has 3 N–H and O–H groups in total. The van der Waals surface area contributed by atoms with Crippen molar-refractivity contribution in [3.63, 3.8) is 0 Å². The van der Waals surface area contributed by atoms with Crippen LogP contribution in [0.4, 0.5) is 0 Å². The van der Waals surface area contributed by atoms with E-state index >= 15 is 0 Å². The lowest BCUT2D eigenvalue weighted by molar-refractivity contribution is -0.627. The van der Waals surface area contributed by atoms with Crippen LogP contribution < -0.4 is 5.32 Å². The zero-order valence-corrected chi connectivity index (χ0v) is 10.4. The first-order valence-electron chi connectivity index (χ1n) is 5.01. The van der Waals surface area contributed by atoms with Crippen molar-refractivity contribution in [3.05, 3.63) is 0 Å². The highest BCUT2D eigenvalue weighted by molar-refractivity contribution is 7.47. The van der Waals surface area contributed by atoms with Crippen LogP contribution in [-0.4, -0.2) is 44.3 Å². The molecular formula is C8H19NO6P+. The van der Waals surface area contributed by atoms with Gasteiger partial charge in [-0.15, -0.1) is 0 Å². The first-order chi connectivity index (χ1) is 7.48. The number of ether oxygens (including phenoxy) is 1. The second-order valence-electron chi connectivity index (χ2n) is 3.03. The highest BCUT2D eigenvalue weighted by Gasteiger charge is 2.20. The van der Waals surface area contributed by atoms with Gasteiger partial charge in [-0.25, -0.2) is 4.57 Å². The molecule has 96 valence electrons. The molecule has 0 bridgehead atoms. The fraction of sp³-hybridized carbons (Fsp3) is 0.875. The van der Waals surface area contributed by atoms with Gasteiger partial charge < -0.3 is 14.9 Å². The third kappa shape index (κ3) is 10.1. The smallest absolute Gasteiger partial charge is 0.466 e. The van der Waals surface area contributed by atoms with E-state index in [1.54, 1.807) is 0 Å². The molecule has 8 heteroatoms. The van der Waals surface area contributed by atoms with Gasteiger partial charge in [0.05, 0.1) is 26.8 Å². The quantitative estimate of drug-likeness (QED) is 0.320. The molecule has 16 heavy (non-hydrogen) atoms. The summed E-state index contributed by atoms with van der Waals surface area (Å²) in [6, 6.07) is 0. The van der Waals surface area contributed by atoms with Crippen LogP contribution in [0.1, 0.15) is 13.3 Å². The fourth-order valence-corrected chi connectivity index (χ4v) is 1.55. The average molecular weight is 256 g/mol. The van der Waals surface area contributed by atoms with Crippen LogP contribution in [0, 0.1) is 0 Å². The Kier molecular flexibility index (Phi) is 8.42. The van der Waals surface area contributed by atoms with Crippen molar-refractivity contribution in [1.82, 2.24) is 0 Å². The van der Waals surface area contributed by atoms with Crippen LogP contribution in [0.3, 0.4) is 0 Å². The number of phosphoric acid groups is 1. The van der Waals surface area contributed by atoms with Crippen molar-refractivity contribution in [2.24, 2.45) is 0 Å². The van der Waals surface area contributed by atoms with E-state index in [2.05, 4.69) is 13.8 Å². The Morgan fingerprint density at radius 3 is 2.50 bits per heavy atom. The van der Waals surface area contributed by atoms with E-state index in [1.807, 2.05) is 12.4 Å². The normalized spacial score (nSPS) is 14.4. The SMILES string of the molecule is C[NH2+]CCOP(=O)(O)OCCCOC(C)=O. The molecule has 0 aromatic heterocycles. The minimum atomic E-state index is -3.95. The number of carbonyl (C=O) groups excluding carboxylic acids is 1. The maximum absolute atomic E-state index is 11.2. The maximum atomic E-state index is 11.2. The molecule has 0 aliphatic rings. The molecule has 1 atom stereocenters. The van der Waals surface area contributed by atoms with Crippen molar-refractivity contribution < 1.29 is 33.4 Å². The summed E-state index contributed by atoms with van der Waals surface area (Å²) in [5.74, 6) is -0.387. The summed E-state index contributed by atoms with van der Waals surface area (Å²) < 4.78 is 25.1. The summed E-state index contributed by atoms with van der Waals surface area (Å²) in [6.45, 7) is 2.20. The third-order valence-corrected chi connectivity index (χ3v) is 2.53. The van der Waals surface area contributed by atoms with Gasteiger partial charge in [-0.3, -0.25) is 13.8 Å². The Hall–Kier alpha value is -0.460. The first-order valence-corrected chi connectivity index (χ1v) is 6.50. The number of rotatable bonds is 9. The first kappa shape index (κ1) is 15.5. The fourth-order valence-electron chi connectivity index (χ4n) is 0.778. The Labute approximate surface area is 94.7 Å². The van der Waals surface area contributed by atoms with Gasteiger partial charge in [0.25, 0.3) is 0 Å². The van der Waals surface area contributed by atoms with Crippen LogP contribution in [0.2, 0.25) is 0 Å². The highest BCUT2D eigenvalue weighted by Crippen LogP contribution is 2.42. The number of hydrogen-bond donors (Lipinski definition) is 2. The molecule has 0 aliphatic heterocycles. The van der Waals surface area contributed by atoms with Gasteiger partial charge >= 0.3 is 13.8 Å². The number of phosphoric ester groups is 1. The van der Waals surface area contributed by atoms with Gasteiger partial charge in [0, 0.05) is 13.3 Å². The second kappa shape index (κ2) is 8.66. The summed E-state index contributed by atoms with van der Waals surface area (Å²) in [4.78, 5) is 19.5. The molecule has 0 spiro atoms. The number of nitrogens with two attached hydrogens (primary N) is 1. The second-order valence-corrected chi connectivity index (χ2v) is 4.48. The summed E-state index contributed by atoms with van der Waals surface area (Å²) >= 11 is 0. The van der Waals surface area contributed by atoms with Crippen LogP contribution >= 0.6 is 7.82 Å². The largest absolute Gasteiger partial charge is 0.472 e. The van der Waals surface area contributed by atoms with Crippen molar-refractivity contribution >= 4 is 13.8 Å². The van der Waals surface area contributed by atoms with Crippen molar-refractivity contribution in [2.45, 2.75) is 13.3 Å². The lowest BCUT2D eigenvalue weighted by Gasteiger charge is -2.11. The summed E-state index contributed by atoms with van der Waals surface area (Å²) in [6.07, 6.45) is 0.355. The minimum absolute atomic E-state index is 0.0108. The predicted molar refractivity (Wildman–Crippen MR) is 55.7 cm³/mol. The third-order valence-electron chi connectivity index (χ3n) is 1.51. The van der Waals surface area contributed by atoms with Crippen LogP contribution in [-0.2, 0) is 23.1 Å². The van der Waals surface area contributed by atoms with Gasteiger partial charge in [0.1, 0.15) is 6.61 Å². The monoisotopic (exact) mass is 256 g/mol. The minimum Gasteiger partial charge on any atom is -0.466 e. The summed E-state index contributed by atoms with van der Waals surface area (Å²) in [5, 5.41) is 1.82. The topological polar surface area (TPSA) is 98.7 Å². The van der Waals surface area contributed by atoms with E-state index in [4.69, 9.17) is 4.89 Å². The van der Waals surface area contributed by atoms with Crippen molar-refractivity contribution in [3.8, 4) is 0 Å². The van der Waals surface area contributed by atoms with Gasteiger partial charge in [0.2, 0.25) is 0 Å². The molecule has 0 heterocycles. The van der Waals surface area contributed by atoms with Gasteiger partial charge in [-0.1, -0.05) is 0 Å². The maximum Gasteiger partial charge on any atom is 0.472 e. The van der Waals surface area contributed by atoms with Crippen LogP contribution in [0.15, 0.2) is 0 Å². The molecular weight excluding hydrogens is 237 g/mol. The van der Waals surface area contributed by atoms with E-state index in [9.17, 15) is 9.36 Å². The van der Waals surface area contributed by atoms with Crippen LogP contribution in [0.25, 0.3) is 0 Å². The molecule has 0 aliphatic carbocycles. The molecule has 0 fully saturated rings. The molecule has 7 nitrogen and oxygen atoms in total. The molecule has 0 aromatic carbocycles. The predicted octanol–water partition coefficient (Wildman–Crippen LogP) is -0.734. The van der Waals surface area contributed by atoms with Gasteiger partial charge in [-0.05, 0) is 0 Å². The zero-order chi connectivity index (χ0) is 12.4. The molecule has 0 saturated carbocycles. The lowest BCUT2D eigenvalue weighted by Crippen LogP contribution is -2.80. The molecule has 1 unspecified atom stereocenters. The molecule has 0 rings (SSSR count). The molecule has 0 saturated heterocycles. The van der Waals surface area contributed by atoms with Gasteiger partial charge in [0.15, 0.2) is 0 Å². The number of quaternary nitrogens is 1. The van der Waals surface area contributed by atoms with Gasteiger partial charge in [-0.2, -0.15) is 0 Å². The van der Waals surface area contributed by atoms with Crippen LogP contribution in [0.5, 0.6) is 0 Å². The van der Waals surface area contributed by atoms with Crippen molar-refractivity contribution in [2.75, 3.05) is 33.4 Å². The number of likely N-dealkylation sites (N-methyl/N-ethyl adjacent to an activating group) is 1. The highest BCUT2D eigenvalue weighted by atomic mass is 31.2. The van der Waals surface area contributed by atoms with E-state index < -0.39 is 7.82 Å². The van der Waals surface area contributed by atoms with E-state index in [0.29, 0.717) is 13.0 Å². The lowest BCUT2D eigenvalue weighted by atomic mass is 10.5. The van der Waals surface area contributed by atoms with E-state index in [1.165, 1.54) is 6.92 Å². The standard InChI is InChI=1S/C8H18NO6P/c1-8(10)13-5-3-6-14-16(11,12)15-7-4-9-2/h9H,3-7H2,1-2H3,(H,11,12)/p+1. The Balaban J connectivity index is 3.50. The molecule has 0 aromatic rings. The number of hydrogen-bond acceptors (Lipinski definition) is 5. The Morgan fingerprint density at radius 2 is 1.94 bits per heavy atom. The molecule has 0 radical (unpaired) electrons. The number of esters is 1. The summed E-state index contributed by atoms with van der Waals surface area (Å²) in [7, 11) is -2.12. The van der Waals surface area contributed by atoms with E-state index in [-0.39, 0.29) is 25.8 Å². The Morgan fingerprint density at radius 1 is 1.31 bits per heavy atom. The molecule has 0 amide bonds. The number of carbonyl (C=O) groups is 1. The summed E-state index contributed by atoms with van der Waals surface area (Å²) in [5.41, 5.74) is 0. The Bertz CT molecular complexity index is 247. The van der Waals surface area contributed by atoms with Crippen molar-refractivity contribution in [1.29, 1.82) is 0 Å².